The van der Waals surface area contributed by atoms with Crippen molar-refractivity contribution in [1.82, 2.24) is 0 Å². The number of nitro groups is 1. The molecule has 0 spiro atoms. The van der Waals surface area contributed by atoms with Gasteiger partial charge < -0.3 is 20.8 Å². The van der Waals surface area contributed by atoms with E-state index in [1.54, 1.807) is 0 Å². The quantitative estimate of drug-likeness (QED) is 0.438. The third kappa shape index (κ3) is 3.73. The lowest BCUT2D eigenvalue weighted by molar-refractivity contribution is -0.383. The van der Waals surface area contributed by atoms with Gasteiger partial charge in [0.05, 0.1) is 18.1 Å². The van der Waals surface area contributed by atoms with Crippen LogP contribution in [0, 0.1) is 10.1 Å². The van der Waals surface area contributed by atoms with Gasteiger partial charge in [-0.1, -0.05) is 11.6 Å². The summed E-state index contributed by atoms with van der Waals surface area (Å²) in [6.07, 6.45) is 0. The molecule has 0 aliphatic rings. The predicted octanol–water partition coefficient (Wildman–Crippen LogP) is 1.06. The van der Waals surface area contributed by atoms with Crippen LogP contribution in [0.2, 0.25) is 5.02 Å². The third-order valence-electron chi connectivity index (χ3n) is 2.11. The van der Waals surface area contributed by atoms with Gasteiger partial charge in [0, 0.05) is 18.1 Å². The van der Waals surface area contributed by atoms with E-state index in [1.165, 1.54) is 12.1 Å². The van der Waals surface area contributed by atoms with Crippen LogP contribution in [0.4, 0.5) is 17.1 Å². The molecule has 1 aromatic carbocycles. The smallest absolute Gasteiger partial charge is 0.315 e. The van der Waals surface area contributed by atoms with Gasteiger partial charge in [0.15, 0.2) is 0 Å². The molecule has 7 nitrogen and oxygen atoms in total. The molecule has 0 saturated heterocycles. The van der Waals surface area contributed by atoms with Crippen LogP contribution in [0.1, 0.15) is 0 Å². The van der Waals surface area contributed by atoms with Crippen molar-refractivity contribution < 1.29 is 15.1 Å². The number of benzene rings is 1. The molecule has 0 fully saturated rings. The number of nitrogens with one attached hydrogen (secondary N) is 2. The summed E-state index contributed by atoms with van der Waals surface area (Å²) in [5.41, 5.74) is 0.283. The maximum atomic E-state index is 11.0. The lowest BCUT2D eigenvalue weighted by atomic mass is 10.2. The van der Waals surface area contributed by atoms with Crippen molar-refractivity contribution in [2.45, 2.75) is 0 Å². The lowest BCUT2D eigenvalue weighted by Crippen LogP contribution is -2.11. The number of hydrogen-bond acceptors (Lipinski definition) is 6. The zero-order valence-electron chi connectivity index (χ0n) is 9.52. The van der Waals surface area contributed by atoms with Crippen LogP contribution >= 0.6 is 11.6 Å². The Morgan fingerprint density at radius 1 is 1.17 bits per heavy atom. The van der Waals surface area contributed by atoms with Gasteiger partial charge in [-0.2, -0.15) is 0 Å². The first-order chi connectivity index (χ1) is 8.60. The molecule has 0 bridgehead atoms. The minimum absolute atomic E-state index is 0.150. The van der Waals surface area contributed by atoms with Crippen molar-refractivity contribution in [2.24, 2.45) is 0 Å². The van der Waals surface area contributed by atoms with Crippen molar-refractivity contribution in [2.75, 3.05) is 36.9 Å². The number of nitro benzene ring substituents is 1. The van der Waals surface area contributed by atoms with Crippen molar-refractivity contribution in [1.29, 1.82) is 0 Å². The second kappa shape index (κ2) is 7.00. The molecule has 1 aromatic rings. The predicted molar refractivity (Wildman–Crippen MR) is 69.3 cm³/mol. The second-order valence-corrected chi connectivity index (χ2v) is 3.84. The molecule has 0 saturated carbocycles. The van der Waals surface area contributed by atoms with Gasteiger partial charge >= 0.3 is 5.69 Å². The van der Waals surface area contributed by atoms with Crippen molar-refractivity contribution in [3.05, 3.63) is 27.3 Å². The fraction of sp³-hybridized carbons (Fsp3) is 0.400. The molecule has 8 heteroatoms. The summed E-state index contributed by atoms with van der Waals surface area (Å²) >= 11 is 5.86. The van der Waals surface area contributed by atoms with Gasteiger partial charge in [-0.15, -0.1) is 0 Å². The highest BCUT2D eigenvalue weighted by atomic mass is 35.5. The fourth-order valence-corrected chi connectivity index (χ4v) is 1.66. The van der Waals surface area contributed by atoms with Gasteiger partial charge in [0.25, 0.3) is 0 Å². The first-order valence-electron chi connectivity index (χ1n) is 5.27. The zero-order chi connectivity index (χ0) is 13.5. The van der Waals surface area contributed by atoms with Crippen LogP contribution in [0.15, 0.2) is 12.1 Å². The van der Waals surface area contributed by atoms with E-state index in [0.29, 0.717) is 5.02 Å². The zero-order valence-corrected chi connectivity index (χ0v) is 10.3. The number of halogens is 1. The van der Waals surface area contributed by atoms with Crippen LogP contribution in [-0.2, 0) is 0 Å². The van der Waals surface area contributed by atoms with E-state index in [2.05, 4.69) is 10.6 Å². The van der Waals surface area contributed by atoms with Crippen LogP contribution in [0.5, 0.6) is 0 Å². The maximum Gasteiger partial charge on any atom is 0.315 e. The molecule has 0 radical (unpaired) electrons. The van der Waals surface area contributed by atoms with Gasteiger partial charge in [0.2, 0.25) is 0 Å². The largest absolute Gasteiger partial charge is 0.395 e. The molecule has 100 valence electrons. The Balaban J connectivity index is 3.13. The summed E-state index contributed by atoms with van der Waals surface area (Å²) in [6.45, 7) is 0.0629. The molecule has 4 N–H and O–H groups in total. The number of aliphatic hydroxyl groups is 2. The van der Waals surface area contributed by atoms with Gasteiger partial charge in [-0.25, -0.2) is 0 Å². The Morgan fingerprint density at radius 3 is 1.94 bits per heavy atom. The number of aliphatic hydroxyl groups excluding tert-OH is 2. The molecule has 0 amide bonds. The average Bonchev–Trinajstić information content (AvgIpc) is 2.32. The van der Waals surface area contributed by atoms with Crippen LogP contribution in [0.25, 0.3) is 0 Å². The molecule has 0 heterocycles. The van der Waals surface area contributed by atoms with E-state index >= 15 is 0 Å². The van der Waals surface area contributed by atoms with Gasteiger partial charge in [-0.05, 0) is 12.1 Å². The third-order valence-corrected chi connectivity index (χ3v) is 2.33. The Hall–Kier alpha value is -1.57. The molecular formula is C10H14ClN3O4. The first kappa shape index (κ1) is 14.5. The van der Waals surface area contributed by atoms with E-state index in [1.807, 2.05) is 0 Å². The Kier molecular flexibility index (Phi) is 5.63. The second-order valence-electron chi connectivity index (χ2n) is 3.41. The Bertz CT molecular complexity index is 399. The van der Waals surface area contributed by atoms with E-state index in [4.69, 9.17) is 21.8 Å². The van der Waals surface area contributed by atoms with Crippen LogP contribution in [0.3, 0.4) is 0 Å². The first-order valence-corrected chi connectivity index (χ1v) is 5.65. The molecule has 0 aliphatic heterocycles. The van der Waals surface area contributed by atoms with E-state index in [0.717, 1.165) is 0 Å². The molecule has 0 atom stereocenters. The highest BCUT2D eigenvalue weighted by molar-refractivity contribution is 6.31. The fourth-order valence-electron chi connectivity index (χ4n) is 1.45. The molecular weight excluding hydrogens is 262 g/mol. The normalized spacial score (nSPS) is 10.2. The summed E-state index contributed by atoms with van der Waals surface area (Å²) in [5.74, 6) is 0. The summed E-state index contributed by atoms with van der Waals surface area (Å²) in [7, 11) is 0. The summed E-state index contributed by atoms with van der Waals surface area (Å²) in [6, 6.07) is 2.83. The highest BCUT2D eigenvalue weighted by Gasteiger charge is 2.20. The minimum atomic E-state index is -0.546. The Labute approximate surface area is 109 Å². The number of hydrogen-bond donors (Lipinski definition) is 4. The van der Waals surface area contributed by atoms with Crippen molar-refractivity contribution in [3.8, 4) is 0 Å². The van der Waals surface area contributed by atoms with E-state index in [9.17, 15) is 10.1 Å². The Morgan fingerprint density at radius 2 is 1.61 bits per heavy atom. The van der Waals surface area contributed by atoms with Crippen molar-refractivity contribution >= 4 is 28.7 Å². The maximum absolute atomic E-state index is 11.0. The SMILES string of the molecule is O=[N+]([O-])c1c(NCCO)cc(Cl)cc1NCCO. The van der Waals surface area contributed by atoms with Crippen molar-refractivity contribution in [3.63, 3.8) is 0 Å². The van der Waals surface area contributed by atoms with Gasteiger partial charge in [-0.3, -0.25) is 10.1 Å². The highest BCUT2D eigenvalue weighted by Crippen LogP contribution is 2.36. The average molecular weight is 276 g/mol. The number of nitrogens with zero attached hydrogens (tertiary/aromatic N) is 1. The summed E-state index contributed by atoms with van der Waals surface area (Å²) < 4.78 is 0. The van der Waals surface area contributed by atoms with E-state index < -0.39 is 4.92 Å². The topological polar surface area (TPSA) is 108 Å². The number of anilines is 2. The molecule has 0 aromatic heterocycles. The molecule has 1 rings (SSSR count). The van der Waals surface area contributed by atoms with Crippen LogP contribution < -0.4 is 10.6 Å². The minimum Gasteiger partial charge on any atom is -0.395 e. The summed E-state index contributed by atoms with van der Waals surface area (Å²) in [5, 5.41) is 34.3. The lowest BCUT2D eigenvalue weighted by Gasteiger charge is -2.11. The molecule has 0 unspecified atom stereocenters. The molecule has 0 aliphatic carbocycles. The van der Waals surface area contributed by atoms with Gasteiger partial charge in [0.1, 0.15) is 11.4 Å². The monoisotopic (exact) mass is 275 g/mol. The molecule has 18 heavy (non-hydrogen) atoms. The van der Waals surface area contributed by atoms with E-state index in [-0.39, 0.29) is 43.4 Å². The number of rotatable bonds is 7. The standard InChI is InChI=1S/C10H14ClN3O4/c11-7-5-8(12-1-3-15)10(14(17)18)9(6-7)13-2-4-16/h5-6,12-13,15-16H,1-4H2. The summed E-state index contributed by atoms with van der Waals surface area (Å²) in [4.78, 5) is 10.5. The van der Waals surface area contributed by atoms with Crippen LogP contribution in [-0.4, -0.2) is 41.4 Å².